The van der Waals surface area contributed by atoms with Crippen LogP contribution in [0.5, 0.6) is 5.75 Å². The SMILES string of the molecule is CCCCCCCC1CCC(c2ccc(-c3ccc(OC(=O)c4cc(N)cc(N)c4)cc3)cc2)CC1. The second-order valence-electron chi connectivity index (χ2n) is 10.3. The molecule has 0 atom stereocenters. The largest absolute Gasteiger partial charge is 0.423 e. The van der Waals surface area contributed by atoms with Gasteiger partial charge >= 0.3 is 5.97 Å². The predicted molar refractivity (Wildman–Crippen MR) is 150 cm³/mol. The Morgan fingerprint density at radius 3 is 1.97 bits per heavy atom. The van der Waals surface area contributed by atoms with Gasteiger partial charge in [0.2, 0.25) is 0 Å². The van der Waals surface area contributed by atoms with Crippen molar-refractivity contribution >= 4 is 17.3 Å². The van der Waals surface area contributed by atoms with E-state index in [0.717, 1.165) is 11.5 Å². The number of nitrogen functional groups attached to an aromatic ring is 2. The first-order valence-corrected chi connectivity index (χ1v) is 13.6. The van der Waals surface area contributed by atoms with Crippen molar-refractivity contribution < 1.29 is 9.53 Å². The van der Waals surface area contributed by atoms with Crippen LogP contribution in [0.2, 0.25) is 0 Å². The molecule has 0 aromatic heterocycles. The standard InChI is InChI=1S/C32H40N2O2/c1-2-3-4-5-6-7-23-8-10-24(11-9-23)25-12-14-26(15-13-25)27-16-18-31(19-17-27)36-32(35)28-20-29(33)22-30(34)21-28/h12-24H,2-11,33-34H2,1H3. The number of carbonyl (C=O) groups is 1. The molecule has 4 nitrogen and oxygen atoms in total. The highest BCUT2D eigenvalue weighted by molar-refractivity contribution is 5.93. The second kappa shape index (κ2) is 12.6. The van der Waals surface area contributed by atoms with Gasteiger partial charge in [-0.15, -0.1) is 0 Å². The molecule has 0 aliphatic heterocycles. The molecule has 0 unspecified atom stereocenters. The topological polar surface area (TPSA) is 78.3 Å². The molecule has 4 N–H and O–H groups in total. The van der Waals surface area contributed by atoms with Crippen LogP contribution in [0.15, 0.2) is 66.7 Å². The average Bonchev–Trinajstić information content (AvgIpc) is 2.89. The normalized spacial score (nSPS) is 17.6. The van der Waals surface area contributed by atoms with Gasteiger partial charge in [0.25, 0.3) is 0 Å². The molecule has 0 bridgehead atoms. The van der Waals surface area contributed by atoms with Gasteiger partial charge < -0.3 is 16.2 Å². The highest BCUT2D eigenvalue weighted by atomic mass is 16.5. The Morgan fingerprint density at radius 1 is 0.778 bits per heavy atom. The molecule has 0 radical (unpaired) electrons. The molecular formula is C32H40N2O2. The number of hydrogen-bond donors (Lipinski definition) is 2. The Bertz CT molecular complexity index is 1090. The van der Waals surface area contributed by atoms with Crippen LogP contribution in [0.4, 0.5) is 11.4 Å². The summed E-state index contributed by atoms with van der Waals surface area (Å²) >= 11 is 0. The lowest BCUT2D eigenvalue weighted by atomic mass is 9.77. The molecule has 1 fully saturated rings. The Hall–Kier alpha value is -3.27. The van der Waals surface area contributed by atoms with E-state index in [-0.39, 0.29) is 0 Å². The van der Waals surface area contributed by atoms with Gasteiger partial charge in [-0.05, 0) is 84.5 Å². The van der Waals surface area contributed by atoms with Crippen molar-refractivity contribution in [2.75, 3.05) is 11.5 Å². The lowest BCUT2D eigenvalue weighted by Gasteiger charge is -2.29. The average molecular weight is 485 g/mol. The van der Waals surface area contributed by atoms with E-state index in [1.165, 1.54) is 75.3 Å². The van der Waals surface area contributed by atoms with E-state index in [9.17, 15) is 4.79 Å². The van der Waals surface area contributed by atoms with E-state index in [2.05, 4.69) is 31.2 Å². The van der Waals surface area contributed by atoms with E-state index < -0.39 is 5.97 Å². The molecule has 1 aliphatic carbocycles. The summed E-state index contributed by atoms with van der Waals surface area (Å²) in [5, 5.41) is 0. The van der Waals surface area contributed by atoms with E-state index in [0.29, 0.717) is 28.6 Å². The molecule has 0 heterocycles. The van der Waals surface area contributed by atoms with E-state index in [4.69, 9.17) is 16.2 Å². The van der Waals surface area contributed by atoms with Crippen molar-refractivity contribution in [3.05, 3.63) is 77.9 Å². The molecule has 190 valence electrons. The summed E-state index contributed by atoms with van der Waals surface area (Å²) in [6, 6.07) is 21.4. The zero-order chi connectivity index (χ0) is 25.3. The lowest BCUT2D eigenvalue weighted by Crippen LogP contribution is -2.13. The molecule has 4 heteroatoms. The van der Waals surface area contributed by atoms with Crippen molar-refractivity contribution in [2.45, 2.75) is 77.0 Å². The van der Waals surface area contributed by atoms with Gasteiger partial charge in [-0.2, -0.15) is 0 Å². The summed E-state index contributed by atoms with van der Waals surface area (Å²) in [6.07, 6.45) is 13.8. The minimum absolute atomic E-state index is 0.341. The van der Waals surface area contributed by atoms with Gasteiger partial charge in [-0.25, -0.2) is 4.79 Å². The maximum Gasteiger partial charge on any atom is 0.343 e. The van der Waals surface area contributed by atoms with Crippen LogP contribution in [0.3, 0.4) is 0 Å². The van der Waals surface area contributed by atoms with Crippen molar-refractivity contribution in [3.63, 3.8) is 0 Å². The number of nitrogens with two attached hydrogens (primary N) is 2. The number of hydrogen-bond acceptors (Lipinski definition) is 4. The minimum Gasteiger partial charge on any atom is -0.423 e. The number of ether oxygens (including phenoxy) is 1. The number of carbonyl (C=O) groups excluding carboxylic acids is 1. The Morgan fingerprint density at radius 2 is 1.36 bits per heavy atom. The minimum atomic E-state index is -0.475. The summed E-state index contributed by atoms with van der Waals surface area (Å²) in [5.74, 6) is 1.64. The quantitative estimate of drug-likeness (QED) is 0.131. The number of rotatable bonds is 10. The summed E-state index contributed by atoms with van der Waals surface area (Å²) in [4.78, 5) is 12.4. The number of esters is 1. The van der Waals surface area contributed by atoms with Crippen molar-refractivity contribution in [2.24, 2.45) is 5.92 Å². The predicted octanol–water partition coefficient (Wildman–Crippen LogP) is 8.37. The molecule has 3 aromatic carbocycles. The van der Waals surface area contributed by atoms with Gasteiger partial charge in [0.15, 0.2) is 0 Å². The molecule has 0 amide bonds. The summed E-state index contributed by atoms with van der Waals surface area (Å²) in [6.45, 7) is 2.28. The number of benzene rings is 3. The van der Waals surface area contributed by atoms with Gasteiger partial charge in [0, 0.05) is 11.4 Å². The number of anilines is 2. The van der Waals surface area contributed by atoms with Gasteiger partial charge in [-0.3, -0.25) is 0 Å². The fourth-order valence-corrected chi connectivity index (χ4v) is 5.44. The molecule has 0 saturated heterocycles. The zero-order valence-electron chi connectivity index (χ0n) is 21.5. The van der Waals surface area contributed by atoms with Crippen molar-refractivity contribution in [1.29, 1.82) is 0 Å². The van der Waals surface area contributed by atoms with Gasteiger partial charge in [0.1, 0.15) is 5.75 Å². The highest BCUT2D eigenvalue weighted by Gasteiger charge is 2.22. The van der Waals surface area contributed by atoms with Crippen LogP contribution in [-0.2, 0) is 0 Å². The van der Waals surface area contributed by atoms with E-state index in [1.807, 2.05) is 24.3 Å². The van der Waals surface area contributed by atoms with Gasteiger partial charge in [-0.1, -0.05) is 81.8 Å². The zero-order valence-corrected chi connectivity index (χ0v) is 21.5. The third-order valence-corrected chi connectivity index (χ3v) is 7.56. The van der Waals surface area contributed by atoms with Crippen LogP contribution in [0.25, 0.3) is 11.1 Å². The van der Waals surface area contributed by atoms with Gasteiger partial charge in [0.05, 0.1) is 5.56 Å². The Labute approximate surface area is 216 Å². The first-order valence-electron chi connectivity index (χ1n) is 13.6. The van der Waals surface area contributed by atoms with Crippen molar-refractivity contribution in [3.8, 4) is 16.9 Å². The second-order valence-corrected chi connectivity index (χ2v) is 10.3. The first-order chi connectivity index (χ1) is 17.5. The monoisotopic (exact) mass is 484 g/mol. The fraction of sp³-hybridized carbons (Fsp3) is 0.406. The van der Waals surface area contributed by atoms with Crippen LogP contribution in [0.1, 0.15) is 93.0 Å². The summed E-state index contributed by atoms with van der Waals surface area (Å²) in [5.41, 5.74) is 16.5. The summed E-state index contributed by atoms with van der Waals surface area (Å²) in [7, 11) is 0. The highest BCUT2D eigenvalue weighted by Crippen LogP contribution is 2.38. The third kappa shape index (κ3) is 7.13. The molecule has 4 rings (SSSR count). The molecular weight excluding hydrogens is 444 g/mol. The fourth-order valence-electron chi connectivity index (χ4n) is 5.44. The van der Waals surface area contributed by atoms with Crippen molar-refractivity contribution in [1.82, 2.24) is 0 Å². The molecule has 1 aliphatic rings. The molecule has 0 spiro atoms. The maximum atomic E-state index is 12.4. The Kier molecular flexibility index (Phi) is 9.05. The smallest absolute Gasteiger partial charge is 0.343 e. The number of unbranched alkanes of at least 4 members (excludes halogenated alkanes) is 4. The van der Waals surface area contributed by atoms with Crippen LogP contribution in [-0.4, -0.2) is 5.97 Å². The molecule has 1 saturated carbocycles. The molecule has 36 heavy (non-hydrogen) atoms. The van der Waals surface area contributed by atoms with E-state index >= 15 is 0 Å². The van der Waals surface area contributed by atoms with Crippen LogP contribution in [0, 0.1) is 5.92 Å². The third-order valence-electron chi connectivity index (χ3n) is 7.56. The van der Waals surface area contributed by atoms with E-state index in [1.54, 1.807) is 18.2 Å². The Balaban J connectivity index is 1.28. The van der Waals surface area contributed by atoms with Crippen LogP contribution >= 0.6 is 0 Å². The summed E-state index contributed by atoms with van der Waals surface area (Å²) < 4.78 is 5.50. The first kappa shape index (κ1) is 25.8. The lowest BCUT2D eigenvalue weighted by molar-refractivity contribution is 0.0735. The van der Waals surface area contributed by atoms with Crippen LogP contribution < -0.4 is 16.2 Å². The maximum absolute atomic E-state index is 12.4. The molecule has 3 aromatic rings.